The monoisotopic (exact) mass is 349 g/mol. The molecular formula is C17H19NO5S. The minimum Gasteiger partial charge on any atom is -0.497 e. The normalized spacial score (nSPS) is 11.5. The summed E-state index contributed by atoms with van der Waals surface area (Å²) in [5.74, 6) is -0.109. The predicted molar refractivity (Wildman–Crippen MR) is 90.7 cm³/mol. The van der Waals surface area contributed by atoms with Crippen molar-refractivity contribution in [3.05, 3.63) is 46.2 Å². The van der Waals surface area contributed by atoms with Crippen LogP contribution in [0.5, 0.6) is 11.5 Å². The minimum absolute atomic E-state index is 0.133. The standard InChI is InChI=1S/C17H19NO5S/c1-11(15-5-4-8-24-15)18-16(19)10-23-17(20)13-7-6-12(21-2)9-14(13)22-3/h4-9,11H,10H2,1-3H3,(H,18,19). The van der Waals surface area contributed by atoms with Gasteiger partial charge in [0, 0.05) is 10.9 Å². The maximum absolute atomic E-state index is 12.1. The molecule has 1 aromatic heterocycles. The van der Waals surface area contributed by atoms with Crippen molar-refractivity contribution < 1.29 is 23.8 Å². The summed E-state index contributed by atoms with van der Waals surface area (Å²) in [5, 5.41) is 4.72. The highest BCUT2D eigenvalue weighted by Crippen LogP contribution is 2.25. The summed E-state index contributed by atoms with van der Waals surface area (Å²) in [6, 6.07) is 8.45. The van der Waals surface area contributed by atoms with Crippen molar-refractivity contribution in [2.24, 2.45) is 0 Å². The molecule has 1 N–H and O–H groups in total. The maximum atomic E-state index is 12.1. The number of hydrogen-bond donors (Lipinski definition) is 1. The fourth-order valence-corrected chi connectivity index (χ4v) is 2.80. The Balaban J connectivity index is 1.92. The van der Waals surface area contributed by atoms with Gasteiger partial charge in [0.15, 0.2) is 6.61 Å². The van der Waals surface area contributed by atoms with Gasteiger partial charge in [-0.25, -0.2) is 4.79 Å². The zero-order valence-corrected chi connectivity index (χ0v) is 14.5. The molecule has 0 bridgehead atoms. The van der Waals surface area contributed by atoms with Gasteiger partial charge in [-0.1, -0.05) is 6.07 Å². The molecule has 2 rings (SSSR count). The van der Waals surface area contributed by atoms with E-state index >= 15 is 0 Å². The molecule has 0 aliphatic heterocycles. The number of rotatable bonds is 7. The molecule has 1 aromatic carbocycles. The van der Waals surface area contributed by atoms with Crippen LogP contribution in [0.25, 0.3) is 0 Å². The number of amides is 1. The fourth-order valence-electron chi connectivity index (χ4n) is 2.07. The number of benzene rings is 1. The van der Waals surface area contributed by atoms with Crippen molar-refractivity contribution in [2.45, 2.75) is 13.0 Å². The van der Waals surface area contributed by atoms with Crippen LogP contribution in [0.1, 0.15) is 28.2 Å². The SMILES string of the molecule is COc1ccc(C(=O)OCC(=O)NC(C)c2cccs2)c(OC)c1. The van der Waals surface area contributed by atoms with Crippen LogP contribution >= 0.6 is 11.3 Å². The van der Waals surface area contributed by atoms with E-state index in [1.807, 2.05) is 24.4 Å². The smallest absolute Gasteiger partial charge is 0.342 e. The van der Waals surface area contributed by atoms with Gasteiger partial charge in [-0.15, -0.1) is 11.3 Å². The first-order valence-electron chi connectivity index (χ1n) is 7.27. The summed E-state index contributed by atoms with van der Waals surface area (Å²) in [6.07, 6.45) is 0. The van der Waals surface area contributed by atoms with Gasteiger partial charge in [0.25, 0.3) is 5.91 Å². The molecule has 0 aliphatic carbocycles. The Morgan fingerprint density at radius 1 is 1.21 bits per heavy atom. The molecule has 0 fully saturated rings. The Morgan fingerprint density at radius 2 is 2.00 bits per heavy atom. The summed E-state index contributed by atoms with van der Waals surface area (Å²) < 4.78 is 15.3. The molecule has 0 spiro atoms. The zero-order valence-electron chi connectivity index (χ0n) is 13.7. The second-order valence-corrected chi connectivity index (χ2v) is 5.93. The van der Waals surface area contributed by atoms with Crippen LogP contribution in [0.15, 0.2) is 35.7 Å². The Labute approximate surface area is 144 Å². The van der Waals surface area contributed by atoms with Crippen LogP contribution in [0.2, 0.25) is 0 Å². The van der Waals surface area contributed by atoms with Crippen LogP contribution in [0.4, 0.5) is 0 Å². The molecule has 24 heavy (non-hydrogen) atoms. The summed E-state index contributed by atoms with van der Waals surface area (Å²) in [4.78, 5) is 25.1. The van der Waals surface area contributed by atoms with Crippen molar-refractivity contribution >= 4 is 23.2 Å². The van der Waals surface area contributed by atoms with Gasteiger partial charge in [-0.3, -0.25) is 4.79 Å². The summed E-state index contributed by atoms with van der Waals surface area (Å²) in [7, 11) is 2.97. The first-order chi connectivity index (χ1) is 11.5. The Morgan fingerprint density at radius 3 is 2.62 bits per heavy atom. The summed E-state index contributed by atoms with van der Waals surface area (Å²) in [6.45, 7) is 1.52. The average Bonchev–Trinajstić information content (AvgIpc) is 3.13. The van der Waals surface area contributed by atoms with Crippen LogP contribution in [0, 0.1) is 0 Å². The van der Waals surface area contributed by atoms with Crippen molar-refractivity contribution in [1.82, 2.24) is 5.32 Å². The highest BCUT2D eigenvalue weighted by Gasteiger charge is 2.17. The highest BCUT2D eigenvalue weighted by molar-refractivity contribution is 7.10. The molecule has 6 nitrogen and oxygen atoms in total. The third-order valence-electron chi connectivity index (χ3n) is 3.31. The van der Waals surface area contributed by atoms with E-state index in [1.54, 1.807) is 23.5 Å². The van der Waals surface area contributed by atoms with E-state index in [1.165, 1.54) is 20.3 Å². The lowest BCUT2D eigenvalue weighted by Crippen LogP contribution is -2.30. The Bertz CT molecular complexity index is 699. The average molecular weight is 349 g/mol. The number of carbonyl (C=O) groups is 2. The van der Waals surface area contributed by atoms with E-state index in [9.17, 15) is 9.59 Å². The molecule has 7 heteroatoms. The summed E-state index contributed by atoms with van der Waals surface area (Å²) >= 11 is 1.55. The molecule has 128 valence electrons. The fraction of sp³-hybridized carbons (Fsp3) is 0.294. The molecule has 2 aromatic rings. The summed E-state index contributed by atoms with van der Waals surface area (Å²) in [5.41, 5.74) is 0.234. The molecule has 0 aliphatic rings. The molecule has 1 unspecified atom stereocenters. The topological polar surface area (TPSA) is 73.9 Å². The van der Waals surface area contributed by atoms with E-state index in [0.29, 0.717) is 11.5 Å². The number of hydrogen-bond acceptors (Lipinski definition) is 6. The first-order valence-corrected chi connectivity index (χ1v) is 8.15. The van der Waals surface area contributed by atoms with Crippen molar-refractivity contribution in [2.75, 3.05) is 20.8 Å². The van der Waals surface area contributed by atoms with Gasteiger partial charge >= 0.3 is 5.97 Å². The van der Waals surface area contributed by atoms with E-state index in [-0.39, 0.29) is 24.1 Å². The quantitative estimate of drug-likeness (QED) is 0.778. The second-order valence-electron chi connectivity index (χ2n) is 4.95. The third-order valence-corrected chi connectivity index (χ3v) is 4.37. The van der Waals surface area contributed by atoms with E-state index < -0.39 is 5.97 Å². The lowest BCUT2D eigenvalue weighted by atomic mass is 10.2. The number of methoxy groups -OCH3 is 2. The van der Waals surface area contributed by atoms with Crippen LogP contribution in [-0.2, 0) is 9.53 Å². The molecule has 0 radical (unpaired) electrons. The second kappa shape index (κ2) is 8.35. The number of thiophene rings is 1. The van der Waals surface area contributed by atoms with Crippen molar-refractivity contribution in [1.29, 1.82) is 0 Å². The van der Waals surface area contributed by atoms with Gasteiger partial charge in [0.2, 0.25) is 0 Å². The van der Waals surface area contributed by atoms with Gasteiger partial charge in [0.1, 0.15) is 17.1 Å². The molecule has 0 saturated carbocycles. The van der Waals surface area contributed by atoms with Gasteiger partial charge in [-0.05, 0) is 30.5 Å². The third kappa shape index (κ3) is 4.48. The van der Waals surface area contributed by atoms with E-state index in [4.69, 9.17) is 14.2 Å². The molecule has 1 heterocycles. The number of carbonyl (C=O) groups excluding carboxylic acids is 2. The first kappa shape index (κ1) is 17.8. The molecule has 1 amide bonds. The molecule has 0 saturated heterocycles. The number of nitrogens with one attached hydrogen (secondary N) is 1. The van der Waals surface area contributed by atoms with Crippen LogP contribution in [0.3, 0.4) is 0 Å². The lowest BCUT2D eigenvalue weighted by molar-refractivity contribution is -0.124. The minimum atomic E-state index is -0.631. The van der Waals surface area contributed by atoms with Crippen molar-refractivity contribution in [3.8, 4) is 11.5 Å². The largest absolute Gasteiger partial charge is 0.497 e. The van der Waals surface area contributed by atoms with Gasteiger partial charge < -0.3 is 19.5 Å². The van der Waals surface area contributed by atoms with Gasteiger partial charge in [-0.2, -0.15) is 0 Å². The number of esters is 1. The van der Waals surface area contributed by atoms with Gasteiger partial charge in [0.05, 0.1) is 20.3 Å². The van der Waals surface area contributed by atoms with Crippen molar-refractivity contribution in [3.63, 3.8) is 0 Å². The van der Waals surface area contributed by atoms with E-state index in [0.717, 1.165) is 4.88 Å². The van der Waals surface area contributed by atoms with Crippen LogP contribution < -0.4 is 14.8 Å². The predicted octanol–water partition coefficient (Wildman–Crippen LogP) is 2.80. The Kier molecular flexibility index (Phi) is 6.20. The zero-order chi connectivity index (χ0) is 17.5. The molecule has 1 atom stereocenters. The number of ether oxygens (including phenoxy) is 3. The van der Waals surface area contributed by atoms with E-state index in [2.05, 4.69) is 5.32 Å². The lowest BCUT2D eigenvalue weighted by Gasteiger charge is -2.13. The highest BCUT2D eigenvalue weighted by atomic mass is 32.1. The Hall–Kier alpha value is -2.54. The van der Waals surface area contributed by atoms with Crippen LogP contribution in [-0.4, -0.2) is 32.7 Å². The maximum Gasteiger partial charge on any atom is 0.342 e. The molecular weight excluding hydrogens is 330 g/mol.